The molecule has 0 saturated heterocycles. The number of carbonyl (C=O) groups is 1. The number of carboxylic acids is 1. The quantitative estimate of drug-likeness (QED) is 0.898. The summed E-state index contributed by atoms with van der Waals surface area (Å²) in [6.07, 6.45) is 0. The predicted molar refractivity (Wildman–Crippen MR) is 71.3 cm³/mol. The number of para-hydroxylation sites is 1. The Hall–Kier alpha value is -2.03. The molecule has 1 atom stereocenters. The van der Waals surface area contributed by atoms with Gasteiger partial charge in [0.05, 0.1) is 5.92 Å². The Morgan fingerprint density at radius 1 is 1.11 bits per heavy atom. The summed E-state index contributed by atoms with van der Waals surface area (Å²) in [6.45, 7) is 5.76. The molecule has 0 aliphatic carbocycles. The number of aryl methyl sites for hydroxylation is 2. The Bertz CT molecular complexity index is 564. The number of carboxylic acid groups (broad SMARTS) is 1. The van der Waals surface area contributed by atoms with Gasteiger partial charge >= 0.3 is 5.97 Å². The van der Waals surface area contributed by atoms with Crippen LogP contribution in [-0.4, -0.2) is 15.6 Å². The molecule has 94 valence electrons. The van der Waals surface area contributed by atoms with Gasteiger partial charge in [0.15, 0.2) is 0 Å². The van der Waals surface area contributed by atoms with E-state index in [9.17, 15) is 9.90 Å². The van der Waals surface area contributed by atoms with Gasteiger partial charge < -0.3 is 9.67 Å². The highest BCUT2D eigenvalue weighted by Crippen LogP contribution is 2.26. The zero-order valence-corrected chi connectivity index (χ0v) is 10.8. The molecule has 0 bridgehead atoms. The highest BCUT2D eigenvalue weighted by atomic mass is 16.4. The maximum atomic E-state index is 11.2. The second-order valence-corrected chi connectivity index (χ2v) is 4.57. The molecule has 0 fully saturated rings. The lowest BCUT2D eigenvalue weighted by Crippen LogP contribution is -2.12. The van der Waals surface area contributed by atoms with Gasteiger partial charge in [-0.25, -0.2) is 0 Å². The summed E-state index contributed by atoms with van der Waals surface area (Å²) < 4.78 is 2.09. The van der Waals surface area contributed by atoms with Gasteiger partial charge in [-0.05, 0) is 44.5 Å². The van der Waals surface area contributed by atoms with Crippen LogP contribution in [0.2, 0.25) is 0 Å². The van der Waals surface area contributed by atoms with E-state index in [1.54, 1.807) is 6.92 Å². The predicted octanol–water partition coefficient (Wildman–Crippen LogP) is 3.28. The van der Waals surface area contributed by atoms with Crippen LogP contribution in [0.25, 0.3) is 5.69 Å². The molecule has 0 radical (unpaired) electrons. The van der Waals surface area contributed by atoms with Crippen LogP contribution >= 0.6 is 0 Å². The third kappa shape index (κ3) is 2.04. The molecule has 0 amide bonds. The highest BCUT2D eigenvalue weighted by molar-refractivity contribution is 5.77. The molecule has 1 N–H and O–H groups in total. The summed E-state index contributed by atoms with van der Waals surface area (Å²) in [7, 11) is 0. The summed E-state index contributed by atoms with van der Waals surface area (Å²) in [6, 6.07) is 11.7. The molecule has 3 heteroatoms. The first-order valence-electron chi connectivity index (χ1n) is 5.99. The van der Waals surface area contributed by atoms with Gasteiger partial charge in [-0.15, -0.1) is 0 Å². The summed E-state index contributed by atoms with van der Waals surface area (Å²) >= 11 is 0. The van der Waals surface area contributed by atoms with Crippen molar-refractivity contribution in [2.24, 2.45) is 0 Å². The summed E-state index contributed by atoms with van der Waals surface area (Å²) in [5.41, 5.74) is 4.01. The maximum Gasteiger partial charge on any atom is 0.310 e. The number of hydrogen-bond donors (Lipinski definition) is 1. The van der Waals surface area contributed by atoms with Crippen LogP contribution in [0.4, 0.5) is 0 Å². The Morgan fingerprint density at radius 3 is 2.22 bits per heavy atom. The first-order valence-corrected chi connectivity index (χ1v) is 5.99. The zero-order chi connectivity index (χ0) is 13.3. The van der Waals surface area contributed by atoms with Gasteiger partial charge in [0, 0.05) is 17.1 Å². The van der Waals surface area contributed by atoms with Crippen LogP contribution in [0.15, 0.2) is 36.4 Å². The van der Waals surface area contributed by atoms with Gasteiger partial charge in [0.1, 0.15) is 0 Å². The topological polar surface area (TPSA) is 42.2 Å². The fourth-order valence-corrected chi connectivity index (χ4v) is 2.24. The van der Waals surface area contributed by atoms with E-state index >= 15 is 0 Å². The number of hydrogen-bond acceptors (Lipinski definition) is 1. The van der Waals surface area contributed by atoms with E-state index in [2.05, 4.69) is 4.57 Å². The summed E-state index contributed by atoms with van der Waals surface area (Å²) in [5, 5.41) is 9.19. The number of nitrogens with zero attached hydrogens (tertiary/aromatic N) is 1. The molecule has 2 aromatic rings. The van der Waals surface area contributed by atoms with Gasteiger partial charge in [-0.3, -0.25) is 4.79 Å². The molecule has 1 aromatic heterocycles. The third-order valence-electron chi connectivity index (χ3n) is 3.29. The van der Waals surface area contributed by atoms with Crippen molar-refractivity contribution in [3.8, 4) is 5.69 Å². The van der Waals surface area contributed by atoms with Crippen LogP contribution in [0.5, 0.6) is 0 Å². The van der Waals surface area contributed by atoms with Crippen LogP contribution in [0.3, 0.4) is 0 Å². The van der Waals surface area contributed by atoms with Crippen molar-refractivity contribution in [2.75, 3.05) is 0 Å². The van der Waals surface area contributed by atoms with Crippen LogP contribution < -0.4 is 0 Å². The molecular formula is C15H17NO2. The van der Waals surface area contributed by atoms with Crippen molar-refractivity contribution < 1.29 is 9.90 Å². The first kappa shape index (κ1) is 12.4. The molecule has 0 saturated carbocycles. The van der Waals surface area contributed by atoms with E-state index in [4.69, 9.17) is 0 Å². The van der Waals surface area contributed by atoms with Crippen molar-refractivity contribution in [3.63, 3.8) is 0 Å². The van der Waals surface area contributed by atoms with E-state index in [1.165, 1.54) is 0 Å². The van der Waals surface area contributed by atoms with Crippen molar-refractivity contribution >= 4 is 5.97 Å². The Balaban J connectivity index is 2.62. The fourth-order valence-electron chi connectivity index (χ4n) is 2.24. The fraction of sp³-hybridized carbons (Fsp3) is 0.267. The maximum absolute atomic E-state index is 11.2. The van der Waals surface area contributed by atoms with E-state index < -0.39 is 11.9 Å². The zero-order valence-electron chi connectivity index (χ0n) is 10.8. The standard InChI is InChI=1S/C15H17NO2/c1-10-8-9-11(2)16(10)14-7-5-4-6-13(14)12(3)15(17)18/h4-9,12H,1-3H3,(H,17,18). The summed E-state index contributed by atoms with van der Waals surface area (Å²) in [4.78, 5) is 11.2. The number of aliphatic carboxylic acids is 1. The average molecular weight is 243 g/mol. The lowest BCUT2D eigenvalue weighted by atomic mass is 9.99. The smallest absolute Gasteiger partial charge is 0.310 e. The Kier molecular flexibility index (Phi) is 3.24. The SMILES string of the molecule is Cc1ccc(C)n1-c1ccccc1C(C)C(=O)O. The largest absolute Gasteiger partial charge is 0.481 e. The minimum atomic E-state index is -0.801. The molecule has 1 heterocycles. The normalized spacial score (nSPS) is 12.4. The van der Waals surface area contributed by atoms with Crippen molar-refractivity contribution in [1.82, 2.24) is 4.57 Å². The molecular weight excluding hydrogens is 226 g/mol. The van der Waals surface area contributed by atoms with Crippen molar-refractivity contribution in [3.05, 3.63) is 53.3 Å². The number of aromatic nitrogens is 1. The minimum absolute atomic E-state index is 0.512. The molecule has 3 nitrogen and oxygen atoms in total. The van der Waals surface area contributed by atoms with Crippen LogP contribution in [0.1, 0.15) is 29.8 Å². The summed E-state index contributed by atoms with van der Waals surface area (Å²) in [5.74, 6) is -1.31. The molecule has 0 aliphatic rings. The number of rotatable bonds is 3. The molecule has 18 heavy (non-hydrogen) atoms. The monoisotopic (exact) mass is 243 g/mol. The van der Waals surface area contributed by atoms with Crippen LogP contribution in [-0.2, 0) is 4.79 Å². The first-order chi connectivity index (χ1) is 8.52. The van der Waals surface area contributed by atoms with Gasteiger partial charge in [0.2, 0.25) is 0 Å². The average Bonchev–Trinajstić information content (AvgIpc) is 2.68. The second-order valence-electron chi connectivity index (χ2n) is 4.57. The van der Waals surface area contributed by atoms with Crippen LogP contribution in [0, 0.1) is 13.8 Å². The molecule has 0 spiro atoms. The molecule has 1 aromatic carbocycles. The van der Waals surface area contributed by atoms with E-state index in [-0.39, 0.29) is 0 Å². The lowest BCUT2D eigenvalue weighted by molar-refractivity contribution is -0.138. The van der Waals surface area contributed by atoms with Gasteiger partial charge in [0.25, 0.3) is 0 Å². The molecule has 0 aliphatic heterocycles. The van der Waals surface area contributed by atoms with Crippen molar-refractivity contribution in [1.29, 1.82) is 0 Å². The molecule has 1 unspecified atom stereocenters. The van der Waals surface area contributed by atoms with Gasteiger partial charge in [-0.1, -0.05) is 18.2 Å². The van der Waals surface area contributed by atoms with E-state index in [0.29, 0.717) is 0 Å². The van der Waals surface area contributed by atoms with E-state index in [0.717, 1.165) is 22.6 Å². The Morgan fingerprint density at radius 2 is 1.67 bits per heavy atom. The lowest BCUT2D eigenvalue weighted by Gasteiger charge is -2.17. The third-order valence-corrected chi connectivity index (χ3v) is 3.29. The minimum Gasteiger partial charge on any atom is -0.481 e. The number of benzene rings is 1. The van der Waals surface area contributed by atoms with Gasteiger partial charge in [-0.2, -0.15) is 0 Å². The Labute approximate surface area is 107 Å². The molecule has 2 rings (SSSR count). The van der Waals surface area contributed by atoms with E-state index in [1.807, 2.05) is 50.2 Å². The van der Waals surface area contributed by atoms with Crippen molar-refractivity contribution in [2.45, 2.75) is 26.7 Å². The highest BCUT2D eigenvalue weighted by Gasteiger charge is 2.18. The second kappa shape index (κ2) is 4.69.